The minimum absolute atomic E-state index is 0. The maximum atomic E-state index is 12.3. The van der Waals surface area contributed by atoms with Crippen LogP contribution in [-0.4, -0.2) is 90.2 Å². The second-order valence-corrected chi connectivity index (χ2v) is 13.3. The third kappa shape index (κ3) is 8.73. The zero-order chi connectivity index (χ0) is 34.1. The van der Waals surface area contributed by atoms with Crippen molar-refractivity contribution >= 4 is 141 Å². The van der Waals surface area contributed by atoms with E-state index >= 15 is 0 Å². The molecule has 0 saturated carbocycles. The Morgan fingerprint density at radius 2 is 1.08 bits per heavy atom. The number of nitrogens with zero attached hydrogens (tertiary/aromatic N) is 4. The molecule has 0 amide bonds. The van der Waals surface area contributed by atoms with Gasteiger partial charge in [-0.15, -0.1) is 10.2 Å². The third-order valence-corrected chi connectivity index (χ3v) is 9.16. The summed E-state index contributed by atoms with van der Waals surface area (Å²) in [7, 11) is -9.56. The van der Waals surface area contributed by atoms with Gasteiger partial charge in [-0.1, -0.05) is 78.9 Å². The van der Waals surface area contributed by atoms with E-state index in [2.05, 4.69) is 20.5 Å². The Bertz CT molecular complexity index is 2560. The van der Waals surface area contributed by atoms with Crippen LogP contribution in [0.1, 0.15) is 11.1 Å². The molecule has 0 aromatic heterocycles. The van der Waals surface area contributed by atoms with E-state index in [1.165, 1.54) is 42.5 Å². The van der Waals surface area contributed by atoms with Crippen LogP contribution < -0.4 is 5.73 Å². The second kappa shape index (κ2) is 16.0. The predicted molar refractivity (Wildman–Crippen MR) is 195 cm³/mol. The second-order valence-electron chi connectivity index (χ2n) is 10.5. The van der Waals surface area contributed by atoms with E-state index in [0.29, 0.717) is 16.8 Å². The molecular formula is C34H25N5Na2O7S2. The summed E-state index contributed by atoms with van der Waals surface area (Å²) in [6.45, 7) is 0. The molecule has 0 aliphatic carbocycles. The van der Waals surface area contributed by atoms with Gasteiger partial charge in [0.15, 0.2) is 0 Å². The number of anilines is 1. The number of hydrogen-bond donors (Lipinski definition) is 4. The Hall–Kier alpha value is -3.80. The molecule has 0 fully saturated rings. The maximum absolute atomic E-state index is 12.3. The van der Waals surface area contributed by atoms with E-state index in [-0.39, 0.29) is 93.1 Å². The molecule has 0 bridgehead atoms. The number of hydrogen-bond acceptors (Lipinski definition) is 10. The predicted octanol–water partition coefficient (Wildman–Crippen LogP) is 8.01. The zero-order valence-electron chi connectivity index (χ0n) is 26.7. The monoisotopic (exact) mass is 725 g/mol. The molecule has 0 saturated heterocycles. The number of benzene rings is 6. The Kier molecular flexibility index (Phi) is 12.5. The standard InChI is InChI=1S/C34H25N5O7S2.2Na/c35-29-16-17-30(28-8-4-3-7-27(28)29)38-36-24-14-11-22(32(19-24)47(41,42)43)9-10-23-12-15-25(20-33(23)48(44,45)46)37-39-34-26-6-2-1-5-21(26)13-18-31(34)40;;/h1-20,40H,35H2,(H,41,42,43)(H,44,45,46);;/b10-9+,38-36?,39-37?;;. The molecule has 16 heteroatoms. The SMILES string of the molecule is Nc1ccc(N=Nc2ccc(/C=C/c3ccc(N=Nc4c(O)ccc5ccccc45)cc3S(=O)(=O)O)c(S(=O)(=O)O)c2)c2ccccc12.[Na].[Na]. The fraction of sp³-hybridized carbons (Fsp3) is 0. The molecule has 242 valence electrons. The number of rotatable bonds is 8. The Labute approximate surface area is 331 Å². The fourth-order valence-electron chi connectivity index (χ4n) is 5.03. The van der Waals surface area contributed by atoms with Crippen molar-refractivity contribution in [3.8, 4) is 5.75 Å². The van der Waals surface area contributed by atoms with Gasteiger partial charge in [-0.2, -0.15) is 27.1 Å². The van der Waals surface area contributed by atoms with Crippen molar-refractivity contribution in [2.24, 2.45) is 20.5 Å². The van der Waals surface area contributed by atoms with Crippen LogP contribution in [0.4, 0.5) is 28.4 Å². The van der Waals surface area contributed by atoms with Gasteiger partial charge in [0, 0.05) is 81.0 Å². The van der Waals surface area contributed by atoms with E-state index < -0.39 is 30.0 Å². The van der Waals surface area contributed by atoms with Crippen LogP contribution in [0.3, 0.4) is 0 Å². The fourth-order valence-corrected chi connectivity index (χ4v) is 6.44. The van der Waals surface area contributed by atoms with Crippen LogP contribution in [0.2, 0.25) is 0 Å². The van der Waals surface area contributed by atoms with Crippen molar-refractivity contribution in [2.75, 3.05) is 5.73 Å². The molecule has 0 heterocycles. The smallest absolute Gasteiger partial charge is 0.295 e. The van der Waals surface area contributed by atoms with E-state index in [1.807, 2.05) is 36.4 Å². The van der Waals surface area contributed by atoms with Crippen molar-refractivity contribution in [2.45, 2.75) is 9.79 Å². The van der Waals surface area contributed by atoms with E-state index in [1.54, 1.807) is 30.3 Å². The topological polar surface area (TPSA) is 204 Å². The molecule has 0 unspecified atom stereocenters. The van der Waals surface area contributed by atoms with Gasteiger partial charge in [0.05, 0.1) is 17.1 Å². The van der Waals surface area contributed by atoms with Crippen LogP contribution >= 0.6 is 0 Å². The van der Waals surface area contributed by atoms with Crippen LogP contribution in [0.15, 0.2) is 139 Å². The van der Waals surface area contributed by atoms with Gasteiger partial charge in [-0.25, -0.2) is 0 Å². The summed E-state index contributed by atoms with van der Waals surface area (Å²) in [5.41, 5.74) is 7.44. The van der Waals surface area contributed by atoms with Gasteiger partial charge in [0.25, 0.3) is 20.2 Å². The number of fused-ring (bicyclic) bond motifs is 2. The first-order valence-electron chi connectivity index (χ1n) is 14.1. The van der Waals surface area contributed by atoms with Gasteiger partial charge in [-0.3, -0.25) is 9.11 Å². The molecule has 6 rings (SSSR count). The van der Waals surface area contributed by atoms with E-state index in [4.69, 9.17) is 5.73 Å². The summed E-state index contributed by atoms with van der Waals surface area (Å²) in [4.78, 5) is -1.04. The number of phenolic OH excluding ortho intramolecular Hbond substituents is 1. The van der Waals surface area contributed by atoms with Gasteiger partial charge < -0.3 is 10.8 Å². The number of phenols is 1. The summed E-state index contributed by atoms with van der Waals surface area (Å²) >= 11 is 0. The summed E-state index contributed by atoms with van der Waals surface area (Å²) < 4.78 is 69.3. The third-order valence-electron chi connectivity index (χ3n) is 7.35. The van der Waals surface area contributed by atoms with Gasteiger partial charge in [0.2, 0.25) is 0 Å². The minimum Gasteiger partial charge on any atom is -0.506 e. The van der Waals surface area contributed by atoms with E-state index in [0.717, 1.165) is 28.3 Å². The first-order valence-corrected chi connectivity index (χ1v) is 17.0. The molecule has 0 aliphatic rings. The quantitative estimate of drug-likeness (QED) is 0.0397. The maximum Gasteiger partial charge on any atom is 0.295 e. The van der Waals surface area contributed by atoms with Crippen molar-refractivity contribution < 1.29 is 31.0 Å². The van der Waals surface area contributed by atoms with Crippen molar-refractivity contribution in [1.29, 1.82) is 0 Å². The molecule has 12 nitrogen and oxygen atoms in total. The number of azo groups is 2. The molecule has 0 aliphatic heterocycles. The van der Waals surface area contributed by atoms with Gasteiger partial charge >= 0.3 is 0 Å². The minimum atomic E-state index is -4.79. The van der Waals surface area contributed by atoms with E-state index in [9.17, 15) is 31.0 Å². The van der Waals surface area contributed by atoms with Crippen molar-refractivity contribution in [3.05, 3.63) is 120 Å². The van der Waals surface area contributed by atoms with Gasteiger partial charge in [-0.05, 0) is 59.0 Å². The first kappa shape index (κ1) is 39.0. The molecule has 5 N–H and O–H groups in total. The molecular weight excluding hydrogens is 701 g/mol. The average Bonchev–Trinajstić information content (AvgIpc) is 3.06. The summed E-state index contributed by atoms with van der Waals surface area (Å²) in [6.07, 6.45) is 2.52. The molecule has 6 aromatic carbocycles. The largest absolute Gasteiger partial charge is 0.506 e. The molecule has 0 atom stereocenters. The molecule has 2 radical (unpaired) electrons. The Balaban J connectivity index is 0.00000281. The van der Waals surface area contributed by atoms with Crippen molar-refractivity contribution in [3.63, 3.8) is 0 Å². The summed E-state index contributed by atoms with van der Waals surface area (Å²) in [5, 5.41) is 29.9. The van der Waals surface area contributed by atoms with Crippen molar-refractivity contribution in [1.82, 2.24) is 0 Å². The number of nitrogens with two attached hydrogens (primary N) is 1. The molecule has 6 aromatic rings. The zero-order valence-corrected chi connectivity index (χ0v) is 32.3. The van der Waals surface area contributed by atoms with Crippen LogP contribution in [0.25, 0.3) is 33.7 Å². The Morgan fingerprint density at radius 1 is 0.560 bits per heavy atom. The normalized spacial score (nSPS) is 12.1. The average molecular weight is 726 g/mol. The number of nitrogen functional groups attached to an aromatic ring is 1. The first-order chi connectivity index (χ1) is 22.9. The van der Waals surface area contributed by atoms with Crippen LogP contribution in [0.5, 0.6) is 5.75 Å². The molecule has 50 heavy (non-hydrogen) atoms. The molecule has 0 spiro atoms. The summed E-state index contributed by atoms with van der Waals surface area (Å²) in [5.74, 6) is -0.132. The van der Waals surface area contributed by atoms with Gasteiger partial charge in [0.1, 0.15) is 21.2 Å². The van der Waals surface area contributed by atoms with Crippen LogP contribution in [0, 0.1) is 0 Å². The van der Waals surface area contributed by atoms with Crippen LogP contribution in [-0.2, 0) is 20.2 Å². The Morgan fingerprint density at radius 3 is 1.66 bits per heavy atom. The summed E-state index contributed by atoms with van der Waals surface area (Å²) in [6, 6.07) is 28.8. The number of aromatic hydroxyl groups is 1.